The van der Waals surface area contributed by atoms with Gasteiger partial charge in [-0.2, -0.15) is 4.98 Å². The Hall–Kier alpha value is -2.59. The molecule has 0 spiro atoms. The van der Waals surface area contributed by atoms with Crippen molar-refractivity contribution in [2.45, 2.75) is 13.8 Å². The molecule has 1 N–H and O–H groups in total. The molecule has 0 fully saturated rings. The van der Waals surface area contributed by atoms with Gasteiger partial charge in [0.15, 0.2) is 0 Å². The number of hydrogen-bond donors (Lipinski definition) is 1. The fraction of sp³-hybridized carbons (Fsp3) is 0.158. The summed E-state index contributed by atoms with van der Waals surface area (Å²) in [6.45, 7) is 4.82. The summed E-state index contributed by atoms with van der Waals surface area (Å²) in [7, 11) is 0. The molecule has 0 saturated heterocycles. The zero-order chi connectivity index (χ0) is 16.9. The first-order chi connectivity index (χ1) is 11.7. The van der Waals surface area contributed by atoms with Crippen LogP contribution in [0.1, 0.15) is 12.6 Å². The Labute approximate surface area is 147 Å². The third kappa shape index (κ3) is 3.66. The normalized spacial score (nSPS) is 10.5. The molecule has 1 aromatic heterocycles. The molecule has 3 aromatic rings. The number of halogens is 1. The van der Waals surface area contributed by atoms with Gasteiger partial charge in [-0.25, -0.2) is 4.98 Å². The van der Waals surface area contributed by atoms with E-state index in [4.69, 9.17) is 11.6 Å². The molecule has 1 heterocycles. The van der Waals surface area contributed by atoms with Crippen LogP contribution in [-0.2, 0) is 0 Å². The molecule has 0 bridgehead atoms. The summed E-state index contributed by atoms with van der Waals surface area (Å²) in [5.41, 5.74) is 2.78. The van der Waals surface area contributed by atoms with Crippen molar-refractivity contribution in [2.24, 2.45) is 0 Å². The highest BCUT2D eigenvalue weighted by Crippen LogP contribution is 2.27. The first kappa shape index (κ1) is 16.3. The molecule has 2 aromatic carbocycles. The van der Waals surface area contributed by atoms with Crippen molar-refractivity contribution in [1.82, 2.24) is 9.97 Å². The van der Waals surface area contributed by atoms with E-state index in [0.717, 1.165) is 29.4 Å². The van der Waals surface area contributed by atoms with Gasteiger partial charge < -0.3 is 10.2 Å². The maximum Gasteiger partial charge on any atom is 0.232 e. The first-order valence-corrected chi connectivity index (χ1v) is 8.25. The quantitative estimate of drug-likeness (QED) is 0.681. The molecule has 0 saturated carbocycles. The van der Waals surface area contributed by atoms with E-state index in [0.29, 0.717) is 11.0 Å². The van der Waals surface area contributed by atoms with Crippen molar-refractivity contribution < 1.29 is 0 Å². The Morgan fingerprint density at radius 3 is 2.42 bits per heavy atom. The lowest BCUT2D eigenvalue weighted by Gasteiger charge is -2.22. The summed E-state index contributed by atoms with van der Waals surface area (Å²) in [6.07, 6.45) is 0. The Kier molecular flexibility index (Phi) is 4.96. The lowest BCUT2D eigenvalue weighted by molar-refractivity contribution is 0.936. The predicted octanol–water partition coefficient (Wildman–Crippen LogP) is 5.34. The van der Waals surface area contributed by atoms with Crippen molar-refractivity contribution in [1.29, 1.82) is 0 Å². The second kappa shape index (κ2) is 7.32. The maximum absolute atomic E-state index is 6.22. The smallest absolute Gasteiger partial charge is 0.232 e. The number of anilines is 4. The Morgan fingerprint density at radius 2 is 1.71 bits per heavy atom. The van der Waals surface area contributed by atoms with Gasteiger partial charge in [0.1, 0.15) is 5.82 Å². The lowest BCUT2D eigenvalue weighted by Crippen LogP contribution is -2.19. The molecule has 3 rings (SSSR count). The highest BCUT2D eigenvalue weighted by Gasteiger charge is 2.12. The van der Waals surface area contributed by atoms with Crippen LogP contribution >= 0.6 is 11.6 Å². The predicted molar refractivity (Wildman–Crippen MR) is 101 cm³/mol. The fourth-order valence-electron chi connectivity index (χ4n) is 2.49. The minimum absolute atomic E-state index is 0.658. The SMILES string of the molecule is CCN(c1ccccc1)c1nc(C)cc(Nc2ccccc2Cl)n1. The number of hydrogen-bond acceptors (Lipinski definition) is 4. The van der Waals surface area contributed by atoms with Gasteiger partial charge in [-0.3, -0.25) is 0 Å². The van der Waals surface area contributed by atoms with Crippen LogP contribution in [0.3, 0.4) is 0 Å². The number of nitrogens with one attached hydrogen (secondary N) is 1. The summed E-state index contributed by atoms with van der Waals surface area (Å²) < 4.78 is 0. The molecular weight excluding hydrogens is 320 g/mol. The summed E-state index contributed by atoms with van der Waals surface area (Å²) in [5, 5.41) is 3.93. The molecule has 24 heavy (non-hydrogen) atoms. The number of aromatic nitrogens is 2. The highest BCUT2D eigenvalue weighted by molar-refractivity contribution is 6.33. The van der Waals surface area contributed by atoms with E-state index < -0.39 is 0 Å². The minimum Gasteiger partial charge on any atom is -0.339 e. The number of nitrogens with zero attached hydrogens (tertiary/aromatic N) is 3. The number of aryl methyl sites for hydroxylation is 1. The molecule has 5 heteroatoms. The van der Waals surface area contributed by atoms with Gasteiger partial charge in [0, 0.05) is 24.0 Å². The molecular formula is C19H19ClN4. The minimum atomic E-state index is 0.658. The Bertz CT molecular complexity index is 821. The zero-order valence-corrected chi connectivity index (χ0v) is 14.5. The zero-order valence-electron chi connectivity index (χ0n) is 13.7. The van der Waals surface area contributed by atoms with E-state index in [1.807, 2.05) is 55.5 Å². The third-order valence-electron chi connectivity index (χ3n) is 3.60. The number of benzene rings is 2. The summed E-state index contributed by atoms with van der Waals surface area (Å²) in [4.78, 5) is 11.3. The lowest BCUT2D eigenvalue weighted by atomic mass is 10.3. The van der Waals surface area contributed by atoms with E-state index >= 15 is 0 Å². The molecule has 0 aliphatic carbocycles. The monoisotopic (exact) mass is 338 g/mol. The average Bonchev–Trinajstić information content (AvgIpc) is 2.58. The molecule has 0 aliphatic rings. The van der Waals surface area contributed by atoms with Gasteiger partial charge >= 0.3 is 0 Å². The van der Waals surface area contributed by atoms with Crippen molar-refractivity contribution in [3.63, 3.8) is 0 Å². The third-order valence-corrected chi connectivity index (χ3v) is 3.93. The van der Waals surface area contributed by atoms with E-state index in [1.54, 1.807) is 0 Å². The molecule has 122 valence electrons. The van der Waals surface area contributed by atoms with Crippen molar-refractivity contribution in [2.75, 3.05) is 16.8 Å². The Morgan fingerprint density at radius 1 is 1.00 bits per heavy atom. The number of rotatable bonds is 5. The van der Waals surface area contributed by atoms with Crippen molar-refractivity contribution in [3.05, 3.63) is 71.4 Å². The fourth-order valence-corrected chi connectivity index (χ4v) is 2.67. The van der Waals surface area contributed by atoms with Crippen LogP contribution in [0, 0.1) is 6.92 Å². The van der Waals surface area contributed by atoms with Gasteiger partial charge in [0.05, 0.1) is 10.7 Å². The molecule has 0 radical (unpaired) electrons. The first-order valence-electron chi connectivity index (χ1n) is 7.87. The second-order valence-corrected chi connectivity index (χ2v) is 5.79. The molecule has 0 unspecified atom stereocenters. The topological polar surface area (TPSA) is 41.1 Å². The van der Waals surface area contributed by atoms with Gasteiger partial charge in [-0.05, 0) is 38.1 Å². The van der Waals surface area contributed by atoms with Crippen molar-refractivity contribution >= 4 is 34.7 Å². The molecule has 0 amide bonds. The van der Waals surface area contributed by atoms with Gasteiger partial charge in [-0.1, -0.05) is 41.9 Å². The van der Waals surface area contributed by atoms with Gasteiger partial charge in [0.2, 0.25) is 5.95 Å². The van der Waals surface area contributed by atoms with Gasteiger partial charge in [0.25, 0.3) is 0 Å². The molecule has 4 nitrogen and oxygen atoms in total. The van der Waals surface area contributed by atoms with Crippen LogP contribution in [0.5, 0.6) is 0 Å². The van der Waals surface area contributed by atoms with Crippen LogP contribution in [0.4, 0.5) is 23.1 Å². The maximum atomic E-state index is 6.22. The van der Waals surface area contributed by atoms with Crippen LogP contribution in [0.25, 0.3) is 0 Å². The summed E-state index contributed by atoms with van der Waals surface area (Å²) in [6, 6.07) is 19.6. The summed E-state index contributed by atoms with van der Waals surface area (Å²) in [5.74, 6) is 1.39. The van der Waals surface area contributed by atoms with E-state index in [2.05, 4.69) is 39.2 Å². The Balaban J connectivity index is 1.95. The number of para-hydroxylation sites is 2. The largest absolute Gasteiger partial charge is 0.339 e. The van der Waals surface area contributed by atoms with E-state index in [9.17, 15) is 0 Å². The summed E-state index contributed by atoms with van der Waals surface area (Å²) >= 11 is 6.22. The molecule has 0 aliphatic heterocycles. The van der Waals surface area contributed by atoms with Crippen LogP contribution in [0.2, 0.25) is 5.02 Å². The van der Waals surface area contributed by atoms with Crippen LogP contribution in [-0.4, -0.2) is 16.5 Å². The average molecular weight is 339 g/mol. The van der Waals surface area contributed by atoms with Gasteiger partial charge in [-0.15, -0.1) is 0 Å². The second-order valence-electron chi connectivity index (χ2n) is 5.38. The van der Waals surface area contributed by atoms with E-state index in [1.165, 1.54) is 0 Å². The van der Waals surface area contributed by atoms with E-state index in [-0.39, 0.29) is 0 Å². The van der Waals surface area contributed by atoms with Crippen molar-refractivity contribution in [3.8, 4) is 0 Å². The molecule has 0 atom stereocenters. The van der Waals surface area contributed by atoms with Crippen LogP contribution < -0.4 is 10.2 Å². The standard InChI is InChI=1S/C19H19ClN4/c1-3-24(15-9-5-4-6-10-15)19-21-14(2)13-18(23-19)22-17-12-8-7-11-16(17)20/h4-13H,3H2,1-2H3,(H,21,22,23). The van der Waals surface area contributed by atoms with Crippen LogP contribution in [0.15, 0.2) is 60.7 Å². The highest BCUT2D eigenvalue weighted by atomic mass is 35.5.